The van der Waals surface area contributed by atoms with Crippen LogP contribution in [0.1, 0.15) is 59.0 Å². The van der Waals surface area contributed by atoms with E-state index in [1.807, 2.05) is 24.8 Å². The van der Waals surface area contributed by atoms with Gasteiger partial charge in [0.25, 0.3) is 11.5 Å². The van der Waals surface area contributed by atoms with E-state index in [1.165, 1.54) is 4.57 Å². The van der Waals surface area contributed by atoms with E-state index >= 15 is 0 Å². The van der Waals surface area contributed by atoms with Gasteiger partial charge in [0.2, 0.25) is 11.8 Å². The number of rotatable bonds is 8. The number of anilines is 2. The molecule has 0 spiro atoms. The number of nitrogens with zero attached hydrogens (tertiary/aromatic N) is 6. The highest BCUT2D eigenvalue weighted by atomic mass is 35.5. The number of pyridine rings is 1. The average Bonchev–Trinajstić information content (AvgIpc) is 3.38. The first kappa shape index (κ1) is 31.8. The zero-order valence-electron chi connectivity index (χ0n) is 24.5. The Bertz CT molecular complexity index is 1790. The van der Waals surface area contributed by atoms with Crippen molar-refractivity contribution in [1.82, 2.24) is 29.0 Å². The van der Waals surface area contributed by atoms with Crippen LogP contribution in [-0.4, -0.2) is 67.6 Å². The quantitative estimate of drug-likeness (QED) is 0.0980. The highest BCUT2D eigenvalue weighted by molar-refractivity contribution is 7.97. The normalized spacial score (nSPS) is 15.0. The third kappa shape index (κ3) is 6.14. The lowest BCUT2D eigenvalue weighted by Crippen LogP contribution is -2.40. The van der Waals surface area contributed by atoms with Gasteiger partial charge in [-0.25, -0.2) is 19.0 Å². The van der Waals surface area contributed by atoms with Gasteiger partial charge in [-0.05, 0) is 50.5 Å². The van der Waals surface area contributed by atoms with Crippen LogP contribution < -0.4 is 20.5 Å². The molecular weight excluding hydrogens is 610 g/mol. The molecule has 1 aromatic carbocycles. The molecule has 3 aromatic heterocycles. The standard InChI is InChI=1S/C28H31BClFN8O4S/c1-14-11-17(15(2)33-20-5-6-21(30)34-23(20)25(40)36-44-4)22-18(12-14)26(41)37(3)27(35-22)38-9-7-16(8-10-38)24-19(31)13-32-39(24)28(29,42)43/h5-6,11-13,15-16,33,42-43H,7-10H2,1-4H3,(H,36,40). The number of aromatic nitrogens is 5. The number of aryl methyl sites for hydroxylation is 1. The van der Waals surface area contributed by atoms with Crippen LogP contribution in [0.15, 0.2) is 35.3 Å². The molecule has 0 bridgehead atoms. The lowest BCUT2D eigenvalue weighted by atomic mass is 9.92. The fourth-order valence-electron chi connectivity index (χ4n) is 5.65. The number of carbonyl (C=O) groups excluding carboxylic acids is 1. The van der Waals surface area contributed by atoms with Gasteiger partial charge >= 0.3 is 0 Å². The van der Waals surface area contributed by atoms with Crippen molar-refractivity contribution < 1.29 is 19.4 Å². The predicted octanol–water partition coefficient (Wildman–Crippen LogP) is 2.91. The van der Waals surface area contributed by atoms with Crippen LogP contribution in [0.3, 0.4) is 0 Å². The van der Waals surface area contributed by atoms with E-state index in [4.69, 9.17) is 24.4 Å². The predicted molar refractivity (Wildman–Crippen MR) is 169 cm³/mol. The summed E-state index contributed by atoms with van der Waals surface area (Å²) in [5.74, 6) is -3.86. The van der Waals surface area contributed by atoms with Gasteiger partial charge < -0.3 is 20.4 Å². The summed E-state index contributed by atoms with van der Waals surface area (Å²) in [7, 11) is 7.03. The van der Waals surface area contributed by atoms with Gasteiger partial charge in [0.15, 0.2) is 19.4 Å². The maximum Gasteiger partial charge on any atom is 0.281 e. The summed E-state index contributed by atoms with van der Waals surface area (Å²) >= 11 is 7.23. The monoisotopic (exact) mass is 640 g/mol. The average molecular weight is 641 g/mol. The van der Waals surface area contributed by atoms with Crippen molar-refractivity contribution in [3.63, 3.8) is 0 Å². The van der Waals surface area contributed by atoms with Crippen molar-refractivity contribution in [2.24, 2.45) is 7.05 Å². The second kappa shape index (κ2) is 12.4. The molecule has 230 valence electrons. The molecule has 1 unspecified atom stereocenters. The van der Waals surface area contributed by atoms with E-state index in [0.717, 1.165) is 29.3 Å². The van der Waals surface area contributed by atoms with Gasteiger partial charge in [0, 0.05) is 37.9 Å². The molecule has 4 aromatic rings. The van der Waals surface area contributed by atoms with Gasteiger partial charge in [-0.1, -0.05) is 29.6 Å². The number of hydrogen-bond donors (Lipinski definition) is 4. The van der Waals surface area contributed by atoms with Crippen LogP contribution in [0.2, 0.25) is 5.15 Å². The smallest absolute Gasteiger partial charge is 0.281 e. The van der Waals surface area contributed by atoms with Crippen LogP contribution in [-0.2, 0) is 12.9 Å². The van der Waals surface area contributed by atoms with Crippen molar-refractivity contribution in [3.05, 3.63) is 74.3 Å². The zero-order chi connectivity index (χ0) is 31.9. The molecule has 1 saturated heterocycles. The number of halogens is 2. The minimum Gasteiger partial charge on any atom is -0.377 e. The molecule has 2 radical (unpaired) electrons. The Morgan fingerprint density at radius 2 is 1.95 bits per heavy atom. The van der Waals surface area contributed by atoms with E-state index < -0.39 is 23.6 Å². The van der Waals surface area contributed by atoms with Crippen LogP contribution in [0.4, 0.5) is 16.0 Å². The Hall–Kier alpha value is -3.66. The fourth-order valence-corrected chi connectivity index (χ4v) is 6.08. The lowest BCUT2D eigenvalue weighted by molar-refractivity contribution is -0.162. The lowest BCUT2D eigenvalue weighted by Gasteiger charge is -2.34. The van der Waals surface area contributed by atoms with Crippen molar-refractivity contribution in [2.75, 3.05) is 29.6 Å². The van der Waals surface area contributed by atoms with Crippen molar-refractivity contribution in [3.8, 4) is 0 Å². The molecule has 12 nitrogen and oxygen atoms in total. The summed E-state index contributed by atoms with van der Waals surface area (Å²) in [5.41, 5.74) is 2.50. The number of carbonyl (C=O) groups is 1. The summed E-state index contributed by atoms with van der Waals surface area (Å²) in [4.78, 5) is 37.4. The molecular formula is C28H31BClFN8O4S. The zero-order valence-corrected chi connectivity index (χ0v) is 26.1. The van der Waals surface area contributed by atoms with E-state index in [1.54, 1.807) is 31.5 Å². The number of amides is 1. The largest absolute Gasteiger partial charge is 0.377 e. The molecule has 4 N–H and O–H groups in total. The van der Waals surface area contributed by atoms with E-state index in [0.29, 0.717) is 53.2 Å². The Kier molecular flexibility index (Phi) is 8.94. The molecule has 0 saturated carbocycles. The molecule has 1 amide bonds. The maximum atomic E-state index is 14.6. The van der Waals surface area contributed by atoms with Crippen molar-refractivity contribution in [1.29, 1.82) is 0 Å². The Morgan fingerprint density at radius 3 is 2.61 bits per heavy atom. The maximum absolute atomic E-state index is 14.6. The van der Waals surface area contributed by atoms with Gasteiger partial charge in [0.1, 0.15) is 5.15 Å². The molecule has 44 heavy (non-hydrogen) atoms. The Balaban J connectivity index is 1.48. The van der Waals surface area contributed by atoms with Gasteiger partial charge in [-0.15, -0.1) is 0 Å². The SMILES string of the molecule is [B]C(O)(O)n1ncc(F)c1C1CCN(c2nc3c(C(C)Nc4ccc(Cl)nc4C(=O)NSC)cc(C)cc3c(=O)n2C)CC1. The van der Waals surface area contributed by atoms with Crippen LogP contribution in [0.5, 0.6) is 0 Å². The first-order valence-corrected chi connectivity index (χ1v) is 15.4. The van der Waals surface area contributed by atoms with Crippen LogP contribution in [0.25, 0.3) is 10.9 Å². The summed E-state index contributed by atoms with van der Waals surface area (Å²) in [5, 5.41) is 27.4. The molecule has 5 rings (SSSR count). The number of piperidine rings is 1. The number of hydrogen-bond acceptors (Lipinski definition) is 10. The van der Waals surface area contributed by atoms with Crippen molar-refractivity contribution in [2.45, 2.75) is 44.5 Å². The third-order valence-corrected chi connectivity index (χ3v) is 8.28. The number of benzene rings is 1. The Morgan fingerprint density at radius 1 is 1.25 bits per heavy atom. The molecule has 1 aliphatic heterocycles. The van der Waals surface area contributed by atoms with Gasteiger partial charge in [0.05, 0.1) is 34.5 Å². The molecule has 0 aliphatic carbocycles. The topological polar surface area (TPSA) is 150 Å². The minimum atomic E-state index is -2.83. The van der Waals surface area contributed by atoms with Crippen LogP contribution >= 0.6 is 23.5 Å². The third-order valence-electron chi connectivity index (χ3n) is 7.68. The molecule has 1 aliphatic rings. The van der Waals surface area contributed by atoms with Gasteiger partial charge in [-0.3, -0.25) is 18.9 Å². The van der Waals surface area contributed by atoms with E-state index in [-0.39, 0.29) is 28.0 Å². The summed E-state index contributed by atoms with van der Waals surface area (Å²) in [6.45, 7) is 4.62. The summed E-state index contributed by atoms with van der Waals surface area (Å²) in [6, 6.07) is 6.61. The highest BCUT2D eigenvalue weighted by Gasteiger charge is 2.33. The van der Waals surface area contributed by atoms with E-state index in [9.17, 15) is 24.2 Å². The van der Waals surface area contributed by atoms with E-state index in [2.05, 4.69) is 20.1 Å². The highest BCUT2D eigenvalue weighted by Crippen LogP contribution is 2.34. The first-order valence-electron chi connectivity index (χ1n) is 13.8. The molecule has 1 atom stereocenters. The Labute approximate surface area is 263 Å². The summed E-state index contributed by atoms with van der Waals surface area (Å²) in [6.07, 6.45) is 3.48. The number of fused-ring (bicyclic) bond motifs is 1. The molecule has 4 heterocycles. The first-order chi connectivity index (χ1) is 20.8. The molecule has 16 heteroatoms. The number of aliphatic hydroxyl groups is 2. The fraction of sp³-hybridized carbons (Fsp3) is 0.393. The second-order valence-corrected chi connectivity index (χ2v) is 11.8. The summed E-state index contributed by atoms with van der Waals surface area (Å²) < 4.78 is 19.4. The minimum absolute atomic E-state index is 0.0115. The van der Waals surface area contributed by atoms with Gasteiger partial charge in [-0.2, -0.15) is 5.10 Å². The molecule has 1 fully saturated rings. The van der Waals surface area contributed by atoms with Crippen LogP contribution in [0, 0.1) is 12.7 Å². The second-order valence-electron chi connectivity index (χ2n) is 10.8. The number of nitrogens with one attached hydrogen (secondary N) is 2. The van der Waals surface area contributed by atoms with Crippen molar-refractivity contribution >= 4 is 59.8 Å².